The van der Waals surface area contributed by atoms with Crippen LogP contribution in [0.15, 0.2) is 53.3 Å². The van der Waals surface area contributed by atoms with Crippen molar-refractivity contribution in [2.75, 3.05) is 13.7 Å². The van der Waals surface area contributed by atoms with E-state index >= 15 is 0 Å². The van der Waals surface area contributed by atoms with E-state index in [9.17, 15) is 14.4 Å². The SMILES string of the molecule is CCOC(=O)C=c1sc(=Cc2ccc(OC)cc2)c(=O)n1CC(=O)c1ccc(Cl)cc1. The van der Waals surface area contributed by atoms with Crippen LogP contribution in [-0.4, -0.2) is 30.0 Å². The highest BCUT2D eigenvalue weighted by atomic mass is 35.5. The predicted octanol–water partition coefficient (Wildman–Crippen LogP) is 2.63. The molecule has 8 heteroatoms. The molecule has 1 heterocycles. The van der Waals surface area contributed by atoms with Gasteiger partial charge < -0.3 is 9.47 Å². The number of hydrogen-bond acceptors (Lipinski definition) is 6. The minimum atomic E-state index is -0.576. The summed E-state index contributed by atoms with van der Waals surface area (Å²) in [5.74, 6) is -0.149. The molecule has 0 radical (unpaired) electrons. The van der Waals surface area contributed by atoms with Crippen LogP contribution in [-0.2, 0) is 16.1 Å². The van der Waals surface area contributed by atoms with Crippen LogP contribution >= 0.6 is 22.9 Å². The third-order valence-corrected chi connectivity index (χ3v) is 5.66. The predicted molar refractivity (Wildman–Crippen MR) is 121 cm³/mol. The molecule has 0 amide bonds. The van der Waals surface area contributed by atoms with Crippen molar-refractivity contribution in [1.29, 1.82) is 0 Å². The maximum absolute atomic E-state index is 13.0. The fraction of sp³-hybridized carbons (Fsp3) is 0.174. The normalized spacial score (nSPS) is 12.1. The molecule has 1 aromatic heterocycles. The summed E-state index contributed by atoms with van der Waals surface area (Å²) in [5.41, 5.74) is 0.849. The van der Waals surface area contributed by atoms with E-state index < -0.39 is 5.97 Å². The number of Topliss-reactive ketones (excluding diaryl/α,β-unsaturated/α-hetero) is 1. The first-order valence-electron chi connectivity index (χ1n) is 9.44. The number of benzene rings is 2. The first kappa shape index (κ1) is 22.5. The smallest absolute Gasteiger partial charge is 0.333 e. The highest BCUT2D eigenvalue weighted by Crippen LogP contribution is 2.12. The first-order valence-corrected chi connectivity index (χ1v) is 10.6. The average molecular weight is 458 g/mol. The van der Waals surface area contributed by atoms with Crippen molar-refractivity contribution in [3.05, 3.63) is 84.2 Å². The van der Waals surface area contributed by atoms with Gasteiger partial charge in [-0.25, -0.2) is 4.79 Å². The van der Waals surface area contributed by atoms with Crippen LogP contribution in [0.2, 0.25) is 5.02 Å². The van der Waals surface area contributed by atoms with E-state index in [1.54, 1.807) is 56.5 Å². The summed E-state index contributed by atoms with van der Waals surface area (Å²) < 4.78 is 12.1. The highest BCUT2D eigenvalue weighted by Gasteiger charge is 2.13. The molecule has 0 N–H and O–H groups in total. The van der Waals surface area contributed by atoms with E-state index in [0.717, 1.165) is 16.9 Å². The lowest BCUT2D eigenvalue weighted by Crippen LogP contribution is -2.34. The number of ether oxygens (including phenoxy) is 2. The first-order chi connectivity index (χ1) is 14.9. The molecule has 160 valence electrons. The van der Waals surface area contributed by atoms with Crippen molar-refractivity contribution in [3.63, 3.8) is 0 Å². The second kappa shape index (κ2) is 10.2. The van der Waals surface area contributed by atoms with E-state index in [2.05, 4.69) is 0 Å². The molecule has 0 saturated heterocycles. The molecule has 6 nitrogen and oxygen atoms in total. The summed E-state index contributed by atoms with van der Waals surface area (Å²) in [5, 5.41) is 0.511. The fourth-order valence-corrected chi connectivity index (χ4v) is 3.96. The number of thiazole rings is 1. The molecule has 0 unspecified atom stereocenters. The number of ketones is 1. The summed E-state index contributed by atoms with van der Waals surface area (Å²) >= 11 is 7.00. The van der Waals surface area contributed by atoms with Gasteiger partial charge >= 0.3 is 5.97 Å². The summed E-state index contributed by atoms with van der Waals surface area (Å²) in [6, 6.07) is 13.6. The number of nitrogens with zero attached hydrogens (tertiary/aromatic N) is 1. The molecule has 3 rings (SSSR count). The van der Waals surface area contributed by atoms with Gasteiger partial charge in [0.2, 0.25) is 0 Å². The Morgan fingerprint density at radius 2 is 1.77 bits per heavy atom. The topological polar surface area (TPSA) is 74.6 Å². The van der Waals surface area contributed by atoms with E-state index in [1.807, 2.05) is 12.1 Å². The largest absolute Gasteiger partial charge is 0.497 e. The molecule has 0 fully saturated rings. The number of carbonyl (C=O) groups is 2. The molecule has 0 saturated carbocycles. The second-order valence-corrected chi connectivity index (χ2v) is 7.94. The highest BCUT2D eigenvalue weighted by molar-refractivity contribution is 7.07. The Kier molecular flexibility index (Phi) is 7.44. The van der Waals surface area contributed by atoms with Crippen LogP contribution in [0.5, 0.6) is 5.75 Å². The Balaban J connectivity index is 2.06. The van der Waals surface area contributed by atoms with Gasteiger partial charge in [0.1, 0.15) is 10.4 Å². The van der Waals surface area contributed by atoms with E-state index in [1.165, 1.54) is 10.6 Å². The molecular formula is C23H20ClNO5S. The Bertz CT molecular complexity index is 1260. The number of rotatable bonds is 7. The zero-order valence-corrected chi connectivity index (χ0v) is 18.5. The van der Waals surface area contributed by atoms with Crippen LogP contribution in [0.1, 0.15) is 22.8 Å². The van der Waals surface area contributed by atoms with Crippen molar-refractivity contribution in [2.45, 2.75) is 13.5 Å². The maximum Gasteiger partial charge on any atom is 0.333 e. The Labute approximate surface area is 187 Å². The monoisotopic (exact) mass is 457 g/mol. The molecular weight excluding hydrogens is 438 g/mol. The van der Waals surface area contributed by atoms with Crippen molar-refractivity contribution in [2.24, 2.45) is 0 Å². The summed E-state index contributed by atoms with van der Waals surface area (Å²) in [7, 11) is 1.58. The zero-order chi connectivity index (χ0) is 22.4. The lowest BCUT2D eigenvalue weighted by molar-refractivity contribution is -0.135. The minimum absolute atomic E-state index is 0.208. The number of hydrogen-bond donors (Lipinski definition) is 0. The van der Waals surface area contributed by atoms with Gasteiger partial charge in [-0.15, -0.1) is 11.3 Å². The zero-order valence-electron chi connectivity index (χ0n) is 17.0. The lowest BCUT2D eigenvalue weighted by atomic mass is 10.1. The van der Waals surface area contributed by atoms with Gasteiger partial charge in [0, 0.05) is 10.6 Å². The lowest BCUT2D eigenvalue weighted by Gasteiger charge is -2.03. The standard InChI is InChI=1S/C23H20ClNO5S/c1-3-30-22(27)13-21-25(14-19(26)16-6-8-17(24)9-7-16)23(28)20(31-21)12-15-4-10-18(29-2)11-5-15/h4-13H,3,14H2,1-2H3. The molecule has 2 aromatic carbocycles. The van der Waals surface area contributed by atoms with Crippen LogP contribution in [0.4, 0.5) is 0 Å². The van der Waals surface area contributed by atoms with Gasteiger partial charge in [-0.1, -0.05) is 23.7 Å². The number of methoxy groups -OCH3 is 1. The van der Waals surface area contributed by atoms with Crippen LogP contribution in [0.3, 0.4) is 0 Å². The molecule has 31 heavy (non-hydrogen) atoms. The van der Waals surface area contributed by atoms with Gasteiger partial charge in [-0.2, -0.15) is 0 Å². The van der Waals surface area contributed by atoms with Crippen molar-refractivity contribution in [3.8, 4) is 5.75 Å². The number of aromatic nitrogens is 1. The van der Waals surface area contributed by atoms with Crippen LogP contribution < -0.4 is 19.5 Å². The van der Waals surface area contributed by atoms with Gasteiger partial charge in [0.15, 0.2) is 5.78 Å². The summed E-state index contributed by atoms with van der Waals surface area (Å²) in [6.07, 6.45) is 2.94. The molecule has 0 spiro atoms. The number of carbonyl (C=O) groups excluding carboxylic acids is 2. The molecule has 3 aromatic rings. The van der Waals surface area contributed by atoms with E-state index in [4.69, 9.17) is 21.1 Å². The minimum Gasteiger partial charge on any atom is -0.497 e. The average Bonchev–Trinajstić information content (AvgIpc) is 3.03. The molecule has 0 aliphatic carbocycles. The van der Waals surface area contributed by atoms with Gasteiger partial charge in [0.05, 0.1) is 30.9 Å². The van der Waals surface area contributed by atoms with Gasteiger partial charge in [-0.05, 0) is 55.0 Å². The van der Waals surface area contributed by atoms with E-state index in [-0.39, 0.29) is 24.5 Å². The number of esters is 1. The quantitative estimate of drug-likeness (QED) is 0.403. The van der Waals surface area contributed by atoms with Gasteiger partial charge in [0.25, 0.3) is 5.56 Å². The Hall–Kier alpha value is -3.16. The van der Waals surface area contributed by atoms with Crippen molar-refractivity contribution in [1.82, 2.24) is 4.57 Å². The Morgan fingerprint density at radius 3 is 2.39 bits per heavy atom. The van der Waals surface area contributed by atoms with Crippen molar-refractivity contribution >= 4 is 46.8 Å². The van der Waals surface area contributed by atoms with Crippen molar-refractivity contribution < 1.29 is 19.1 Å². The third kappa shape index (κ3) is 5.71. The summed E-state index contributed by atoms with van der Waals surface area (Å²) in [4.78, 5) is 37.8. The second-order valence-electron chi connectivity index (χ2n) is 6.44. The number of halogens is 1. The summed E-state index contributed by atoms with van der Waals surface area (Å²) in [6.45, 7) is 1.69. The Morgan fingerprint density at radius 1 is 1.10 bits per heavy atom. The van der Waals surface area contributed by atoms with Crippen LogP contribution in [0, 0.1) is 0 Å². The molecule has 0 aliphatic heterocycles. The van der Waals surface area contributed by atoms with E-state index in [0.29, 0.717) is 25.5 Å². The molecule has 0 atom stereocenters. The maximum atomic E-state index is 13.0. The fourth-order valence-electron chi connectivity index (χ4n) is 2.80. The molecule has 0 aliphatic rings. The van der Waals surface area contributed by atoms with Crippen LogP contribution in [0.25, 0.3) is 12.2 Å². The van der Waals surface area contributed by atoms with Gasteiger partial charge in [-0.3, -0.25) is 14.2 Å². The third-order valence-electron chi connectivity index (χ3n) is 4.35. The molecule has 0 bridgehead atoms.